The molecule has 0 saturated heterocycles. The number of aryl methyl sites for hydroxylation is 2. The van der Waals surface area contributed by atoms with E-state index >= 15 is 0 Å². The van der Waals surface area contributed by atoms with Crippen molar-refractivity contribution in [2.45, 2.75) is 13.8 Å². The normalized spacial score (nSPS) is 10.7. The van der Waals surface area contributed by atoms with Crippen molar-refractivity contribution < 1.29 is 14.3 Å². The number of carbonyl (C=O) groups is 2. The summed E-state index contributed by atoms with van der Waals surface area (Å²) in [7, 11) is 1.60. The molecule has 1 N–H and O–H groups in total. The Kier molecular flexibility index (Phi) is 7.22. The van der Waals surface area contributed by atoms with E-state index in [4.69, 9.17) is 4.74 Å². The molecule has 0 aliphatic rings. The van der Waals surface area contributed by atoms with E-state index in [0.29, 0.717) is 5.75 Å². The molecule has 0 spiro atoms. The van der Waals surface area contributed by atoms with Crippen LogP contribution in [0.5, 0.6) is 11.5 Å². The van der Waals surface area contributed by atoms with E-state index in [9.17, 15) is 9.59 Å². The molecule has 5 heteroatoms. The number of anilines is 1. The second kappa shape index (κ2) is 10.3. The SMILES string of the molecule is Cc1cccc(C)c1NC(=O)CN(C)C(=O)/C=C/c1cccc(Oc2ccccc2)c1. The van der Waals surface area contributed by atoms with Crippen molar-refractivity contribution in [1.82, 2.24) is 4.90 Å². The number of para-hydroxylation sites is 2. The van der Waals surface area contributed by atoms with E-state index < -0.39 is 0 Å². The number of hydrogen-bond donors (Lipinski definition) is 1. The molecular weight excluding hydrogens is 388 g/mol. The van der Waals surface area contributed by atoms with E-state index in [1.807, 2.05) is 86.6 Å². The van der Waals surface area contributed by atoms with Gasteiger partial charge in [0.25, 0.3) is 0 Å². The van der Waals surface area contributed by atoms with E-state index in [0.717, 1.165) is 28.1 Å². The van der Waals surface area contributed by atoms with Gasteiger partial charge >= 0.3 is 0 Å². The highest BCUT2D eigenvalue weighted by atomic mass is 16.5. The Morgan fingerprint density at radius 1 is 0.903 bits per heavy atom. The number of carbonyl (C=O) groups excluding carboxylic acids is 2. The molecule has 0 aliphatic carbocycles. The van der Waals surface area contributed by atoms with Gasteiger partial charge in [0.15, 0.2) is 0 Å². The third-order valence-corrected chi connectivity index (χ3v) is 4.76. The summed E-state index contributed by atoms with van der Waals surface area (Å²) in [5.41, 5.74) is 3.59. The van der Waals surface area contributed by atoms with Crippen molar-refractivity contribution in [2.24, 2.45) is 0 Å². The van der Waals surface area contributed by atoms with Crippen molar-refractivity contribution >= 4 is 23.6 Å². The third kappa shape index (κ3) is 6.31. The molecule has 3 aromatic rings. The zero-order valence-electron chi connectivity index (χ0n) is 18.0. The molecule has 0 heterocycles. The van der Waals surface area contributed by atoms with Crippen molar-refractivity contribution in [3.05, 3.63) is 95.6 Å². The van der Waals surface area contributed by atoms with Gasteiger partial charge in [-0.2, -0.15) is 0 Å². The Morgan fingerprint density at radius 3 is 2.26 bits per heavy atom. The number of hydrogen-bond acceptors (Lipinski definition) is 3. The van der Waals surface area contributed by atoms with Gasteiger partial charge in [0, 0.05) is 18.8 Å². The molecule has 0 atom stereocenters. The summed E-state index contributed by atoms with van der Waals surface area (Å²) in [6.45, 7) is 3.85. The van der Waals surface area contributed by atoms with E-state index in [1.165, 1.54) is 11.0 Å². The van der Waals surface area contributed by atoms with Crippen molar-refractivity contribution in [1.29, 1.82) is 0 Å². The van der Waals surface area contributed by atoms with Gasteiger partial charge in [-0.05, 0) is 60.9 Å². The number of nitrogens with one attached hydrogen (secondary N) is 1. The van der Waals surface area contributed by atoms with Gasteiger partial charge in [-0.1, -0.05) is 48.5 Å². The highest BCUT2D eigenvalue weighted by molar-refractivity contribution is 5.98. The Balaban J connectivity index is 1.58. The maximum Gasteiger partial charge on any atom is 0.246 e. The zero-order chi connectivity index (χ0) is 22.2. The number of benzene rings is 3. The fourth-order valence-electron chi connectivity index (χ4n) is 3.08. The molecule has 3 rings (SSSR count). The largest absolute Gasteiger partial charge is 0.457 e. The molecule has 0 aliphatic heterocycles. The molecule has 0 radical (unpaired) electrons. The molecule has 0 aromatic heterocycles. The lowest BCUT2D eigenvalue weighted by Crippen LogP contribution is -2.34. The van der Waals surface area contributed by atoms with Crippen LogP contribution in [0.25, 0.3) is 6.08 Å². The lowest BCUT2D eigenvalue weighted by atomic mass is 10.1. The minimum atomic E-state index is -0.258. The summed E-state index contributed by atoms with van der Waals surface area (Å²) in [5.74, 6) is 0.933. The van der Waals surface area contributed by atoms with Gasteiger partial charge < -0.3 is 15.0 Å². The summed E-state index contributed by atoms with van der Waals surface area (Å²) in [6.07, 6.45) is 3.16. The Hall–Kier alpha value is -3.86. The van der Waals surface area contributed by atoms with Crippen LogP contribution in [0.1, 0.15) is 16.7 Å². The van der Waals surface area contributed by atoms with Crippen LogP contribution in [-0.2, 0) is 9.59 Å². The number of likely N-dealkylation sites (N-methyl/N-ethyl adjacent to an activating group) is 1. The highest BCUT2D eigenvalue weighted by Crippen LogP contribution is 2.22. The monoisotopic (exact) mass is 414 g/mol. The van der Waals surface area contributed by atoms with Crippen LogP contribution in [-0.4, -0.2) is 30.3 Å². The van der Waals surface area contributed by atoms with Gasteiger partial charge in [-0.15, -0.1) is 0 Å². The van der Waals surface area contributed by atoms with Crippen LogP contribution in [0.2, 0.25) is 0 Å². The molecule has 0 unspecified atom stereocenters. The van der Waals surface area contributed by atoms with Gasteiger partial charge in [0.05, 0.1) is 6.54 Å². The average Bonchev–Trinajstić information content (AvgIpc) is 2.75. The standard InChI is InChI=1S/C26H26N2O3/c1-19-9-7-10-20(2)26(19)27-24(29)18-28(3)25(30)16-15-21-11-8-14-23(17-21)31-22-12-5-4-6-13-22/h4-17H,18H2,1-3H3,(H,27,29)/b16-15+. The first-order chi connectivity index (χ1) is 14.9. The maximum atomic E-state index is 12.4. The van der Waals surface area contributed by atoms with E-state index in [2.05, 4.69) is 5.32 Å². The van der Waals surface area contributed by atoms with Crippen LogP contribution in [0.4, 0.5) is 5.69 Å². The Morgan fingerprint density at radius 2 is 1.55 bits per heavy atom. The Labute approximate surface area is 183 Å². The quantitative estimate of drug-likeness (QED) is 0.540. The highest BCUT2D eigenvalue weighted by Gasteiger charge is 2.12. The summed E-state index contributed by atoms with van der Waals surface area (Å²) >= 11 is 0. The zero-order valence-corrected chi connectivity index (χ0v) is 18.0. The summed E-state index contributed by atoms with van der Waals surface area (Å²) in [4.78, 5) is 26.2. The third-order valence-electron chi connectivity index (χ3n) is 4.76. The lowest BCUT2D eigenvalue weighted by molar-refractivity contribution is -0.129. The average molecular weight is 415 g/mol. The van der Waals surface area contributed by atoms with Crippen molar-refractivity contribution in [3.8, 4) is 11.5 Å². The second-order valence-corrected chi connectivity index (χ2v) is 7.33. The van der Waals surface area contributed by atoms with Crippen molar-refractivity contribution in [2.75, 3.05) is 18.9 Å². The van der Waals surface area contributed by atoms with E-state index in [-0.39, 0.29) is 18.4 Å². The second-order valence-electron chi connectivity index (χ2n) is 7.33. The Bertz CT molecular complexity index is 1070. The molecule has 0 saturated carbocycles. The smallest absolute Gasteiger partial charge is 0.246 e. The first-order valence-electron chi connectivity index (χ1n) is 10.0. The van der Waals surface area contributed by atoms with Crippen molar-refractivity contribution in [3.63, 3.8) is 0 Å². The van der Waals surface area contributed by atoms with Gasteiger partial charge in [-0.3, -0.25) is 9.59 Å². The molecule has 158 valence electrons. The molecule has 3 aromatic carbocycles. The molecule has 0 bridgehead atoms. The van der Waals surface area contributed by atoms with Crippen LogP contribution < -0.4 is 10.1 Å². The minimum absolute atomic E-state index is 0.0336. The van der Waals surface area contributed by atoms with Gasteiger partial charge in [-0.25, -0.2) is 0 Å². The van der Waals surface area contributed by atoms with Gasteiger partial charge in [0.1, 0.15) is 11.5 Å². The van der Waals surface area contributed by atoms with Crippen LogP contribution in [0.3, 0.4) is 0 Å². The van der Waals surface area contributed by atoms with E-state index in [1.54, 1.807) is 13.1 Å². The van der Waals surface area contributed by atoms with Gasteiger partial charge in [0.2, 0.25) is 11.8 Å². The predicted molar refractivity (Wildman–Crippen MR) is 124 cm³/mol. The summed E-state index contributed by atoms with van der Waals surface area (Å²) < 4.78 is 5.82. The first-order valence-corrected chi connectivity index (χ1v) is 10.0. The van der Waals surface area contributed by atoms with Crippen LogP contribution in [0.15, 0.2) is 78.9 Å². The maximum absolute atomic E-state index is 12.4. The fraction of sp³-hybridized carbons (Fsp3) is 0.154. The number of amides is 2. The topological polar surface area (TPSA) is 58.6 Å². The predicted octanol–water partition coefficient (Wildman–Crippen LogP) is 5.21. The first kappa shape index (κ1) is 21.8. The number of nitrogens with zero attached hydrogens (tertiary/aromatic N) is 1. The summed E-state index contributed by atoms with van der Waals surface area (Å²) in [6, 6.07) is 22.8. The molecule has 31 heavy (non-hydrogen) atoms. The number of rotatable bonds is 7. The van der Waals surface area contributed by atoms with Crippen LogP contribution in [0, 0.1) is 13.8 Å². The minimum Gasteiger partial charge on any atom is -0.457 e. The molecule has 0 fully saturated rings. The molecular formula is C26H26N2O3. The lowest BCUT2D eigenvalue weighted by Gasteiger charge is -2.16. The molecule has 2 amide bonds. The van der Waals surface area contributed by atoms with Crippen LogP contribution >= 0.6 is 0 Å². The number of ether oxygens (including phenoxy) is 1. The molecule has 5 nitrogen and oxygen atoms in total. The summed E-state index contributed by atoms with van der Waals surface area (Å²) in [5, 5.41) is 2.90. The fourth-order valence-corrected chi connectivity index (χ4v) is 3.08.